The molecule has 0 saturated heterocycles. The van der Waals surface area contributed by atoms with Gasteiger partial charge in [-0.05, 0) is 24.3 Å². The summed E-state index contributed by atoms with van der Waals surface area (Å²) in [6.45, 7) is 0. The summed E-state index contributed by atoms with van der Waals surface area (Å²) in [6.07, 6.45) is 1.06. The number of carboxylic acid groups (broad SMARTS) is 1. The Morgan fingerprint density at radius 3 is 2.42 bits per heavy atom. The molecular formula is C12H7F3N2O2. The first kappa shape index (κ1) is 12.9. The highest BCUT2D eigenvalue weighted by molar-refractivity contribution is 5.87. The highest BCUT2D eigenvalue weighted by Crippen LogP contribution is 2.22. The smallest absolute Gasteiger partial charge is 0.337 e. The van der Waals surface area contributed by atoms with Gasteiger partial charge in [0, 0.05) is 6.20 Å². The summed E-state index contributed by atoms with van der Waals surface area (Å²) < 4.78 is 39.0. The van der Waals surface area contributed by atoms with E-state index in [0.29, 0.717) is 0 Å². The topological polar surface area (TPSA) is 62.2 Å². The van der Waals surface area contributed by atoms with E-state index in [2.05, 4.69) is 10.3 Å². The average Bonchev–Trinajstić information content (AvgIpc) is 2.40. The molecule has 0 atom stereocenters. The van der Waals surface area contributed by atoms with E-state index in [4.69, 9.17) is 5.11 Å². The van der Waals surface area contributed by atoms with Crippen molar-refractivity contribution < 1.29 is 23.1 Å². The molecule has 2 aromatic rings. The van der Waals surface area contributed by atoms with Crippen LogP contribution in [0.5, 0.6) is 0 Å². The molecule has 2 N–H and O–H groups in total. The molecule has 1 aromatic heterocycles. The Labute approximate surface area is 105 Å². The third kappa shape index (κ3) is 2.65. The minimum Gasteiger partial charge on any atom is -0.478 e. The molecule has 0 spiro atoms. The Kier molecular flexibility index (Phi) is 3.37. The molecule has 1 aromatic carbocycles. The van der Waals surface area contributed by atoms with Crippen molar-refractivity contribution in [1.82, 2.24) is 4.98 Å². The van der Waals surface area contributed by atoms with Gasteiger partial charge in [0.25, 0.3) is 0 Å². The first-order valence-electron chi connectivity index (χ1n) is 5.09. The number of rotatable bonds is 3. The van der Waals surface area contributed by atoms with Crippen molar-refractivity contribution in [2.75, 3.05) is 5.32 Å². The van der Waals surface area contributed by atoms with Crippen LogP contribution < -0.4 is 5.32 Å². The number of nitrogens with one attached hydrogen (secondary N) is 1. The lowest BCUT2D eigenvalue weighted by Crippen LogP contribution is -2.02. The zero-order chi connectivity index (χ0) is 14.0. The minimum absolute atomic E-state index is 0.0451. The fourth-order valence-corrected chi connectivity index (χ4v) is 1.35. The summed E-state index contributed by atoms with van der Waals surface area (Å²) in [6, 6.07) is 4.31. The Hall–Kier alpha value is -2.57. The van der Waals surface area contributed by atoms with Crippen molar-refractivity contribution in [3.05, 3.63) is 53.5 Å². The lowest BCUT2D eigenvalue weighted by Gasteiger charge is -2.07. The lowest BCUT2D eigenvalue weighted by atomic mass is 10.2. The van der Waals surface area contributed by atoms with Crippen molar-refractivity contribution in [2.24, 2.45) is 0 Å². The molecular weight excluding hydrogens is 261 g/mol. The highest BCUT2D eigenvalue weighted by atomic mass is 19.2. The molecule has 1 heterocycles. The Bertz CT molecular complexity index is 630. The maximum absolute atomic E-state index is 13.4. The number of nitrogens with zero attached hydrogens (tertiary/aromatic N) is 1. The van der Waals surface area contributed by atoms with Crippen LogP contribution >= 0.6 is 0 Å². The van der Waals surface area contributed by atoms with E-state index in [1.165, 1.54) is 12.1 Å². The monoisotopic (exact) mass is 268 g/mol. The van der Waals surface area contributed by atoms with Crippen LogP contribution in [0.25, 0.3) is 0 Å². The molecule has 0 amide bonds. The van der Waals surface area contributed by atoms with Crippen LogP contribution in [0.15, 0.2) is 30.5 Å². The van der Waals surface area contributed by atoms with E-state index in [1.54, 1.807) is 0 Å². The van der Waals surface area contributed by atoms with E-state index in [0.717, 1.165) is 18.3 Å². The van der Waals surface area contributed by atoms with Crippen LogP contribution in [0.3, 0.4) is 0 Å². The quantitative estimate of drug-likeness (QED) is 0.840. The van der Waals surface area contributed by atoms with E-state index < -0.39 is 23.4 Å². The molecule has 0 radical (unpaired) electrons. The summed E-state index contributed by atoms with van der Waals surface area (Å²) in [7, 11) is 0. The predicted molar refractivity (Wildman–Crippen MR) is 60.8 cm³/mol. The Balaban J connectivity index is 2.26. The fourth-order valence-electron chi connectivity index (χ4n) is 1.35. The van der Waals surface area contributed by atoms with Crippen molar-refractivity contribution in [3.8, 4) is 0 Å². The summed E-state index contributed by atoms with van der Waals surface area (Å²) >= 11 is 0. The second kappa shape index (κ2) is 4.97. The summed E-state index contributed by atoms with van der Waals surface area (Å²) in [5.41, 5.74) is -0.342. The number of aromatic nitrogens is 1. The van der Waals surface area contributed by atoms with Crippen molar-refractivity contribution >= 4 is 17.5 Å². The van der Waals surface area contributed by atoms with Crippen LogP contribution in [0.4, 0.5) is 24.7 Å². The van der Waals surface area contributed by atoms with Gasteiger partial charge in [-0.2, -0.15) is 0 Å². The Morgan fingerprint density at radius 1 is 1.11 bits per heavy atom. The maximum atomic E-state index is 13.4. The third-order valence-electron chi connectivity index (χ3n) is 2.31. The largest absolute Gasteiger partial charge is 0.478 e. The Morgan fingerprint density at radius 2 is 1.84 bits per heavy atom. The van der Waals surface area contributed by atoms with E-state index >= 15 is 0 Å². The molecule has 0 bridgehead atoms. The molecule has 0 fully saturated rings. The van der Waals surface area contributed by atoms with Crippen LogP contribution in [0.2, 0.25) is 0 Å². The third-order valence-corrected chi connectivity index (χ3v) is 2.31. The molecule has 0 aliphatic rings. The molecule has 0 saturated carbocycles. The molecule has 19 heavy (non-hydrogen) atoms. The normalized spacial score (nSPS) is 10.3. The SMILES string of the molecule is O=C(O)c1ccc(Nc2ccc(F)c(F)c2F)nc1. The fraction of sp³-hybridized carbons (Fsp3) is 0. The molecule has 2 rings (SSSR count). The molecule has 0 unspecified atom stereocenters. The van der Waals surface area contributed by atoms with Crippen LogP contribution in [0, 0.1) is 17.5 Å². The van der Waals surface area contributed by atoms with Gasteiger partial charge in [0.05, 0.1) is 11.3 Å². The lowest BCUT2D eigenvalue weighted by molar-refractivity contribution is 0.0696. The predicted octanol–water partition coefficient (Wildman–Crippen LogP) is 2.94. The highest BCUT2D eigenvalue weighted by Gasteiger charge is 2.13. The second-order valence-electron chi connectivity index (χ2n) is 3.59. The zero-order valence-corrected chi connectivity index (χ0v) is 9.32. The number of hydrogen-bond donors (Lipinski definition) is 2. The molecule has 7 heteroatoms. The van der Waals surface area contributed by atoms with Crippen LogP contribution in [-0.4, -0.2) is 16.1 Å². The van der Waals surface area contributed by atoms with Gasteiger partial charge in [-0.3, -0.25) is 0 Å². The zero-order valence-electron chi connectivity index (χ0n) is 9.32. The van der Waals surface area contributed by atoms with Gasteiger partial charge in [-0.15, -0.1) is 0 Å². The standard InChI is InChI=1S/C12H7F3N2O2/c13-7-2-3-8(11(15)10(7)14)17-9-4-1-6(5-16-9)12(18)19/h1-5H,(H,16,17)(H,18,19). The number of benzene rings is 1. The summed E-state index contributed by atoms with van der Waals surface area (Å²) in [5, 5.41) is 11.1. The van der Waals surface area contributed by atoms with E-state index in [-0.39, 0.29) is 17.1 Å². The minimum atomic E-state index is -1.59. The van der Waals surface area contributed by atoms with E-state index in [9.17, 15) is 18.0 Å². The van der Waals surface area contributed by atoms with Crippen molar-refractivity contribution in [3.63, 3.8) is 0 Å². The number of carboxylic acids is 1. The number of anilines is 2. The van der Waals surface area contributed by atoms with Crippen LogP contribution in [0.1, 0.15) is 10.4 Å². The van der Waals surface area contributed by atoms with Crippen molar-refractivity contribution in [2.45, 2.75) is 0 Å². The van der Waals surface area contributed by atoms with Gasteiger partial charge < -0.3 is 10.4 Å². The van der Waals surface area contributed by atoms with Crippen LogP contribution in [-0.2, 0) is 0 Å². The average molecular weight is 268 g/mol. The summed E-state index contributed by atoms with van der Waals surface area (Å²) in [5.74, 6) is -5.30. The number of carbonyl (C=O) groups is 1. The molecule has 98 valence electrons. The molecule has 4 nitrogen and oxygen atoms in total. The molecule has 0 aliphatic carbocycles. The van der Waals surface area contributed by atoms with Gasteiger partial charge in [0.1, 0.15) is 5.82 Å². The maximum Gasteiger partial charge on any atom is 0.337 e. The van der Waals surface area contributed by atoms with Gasteiger partial charge in [0.2, 0.25) is 0 Å². The van der Waals surface area contributed by atoms with Gasteiger partial charge in [0.15, 0.2) is 17.5 Å². The van der Waals surface area contributed by atoms with Crippen molar-refractivity contribution in [1.29, 1.82) is 0 Å². The number of halogens is 3. The van der Waals surface area contributed by atoms with E-state index in [1.807, 2.05) is 0 Å². The number of hydrogen-bond acceptors (Lipinski definition) is 3. The van der Waals surface area contributed by atoms with Gasteiger partial charge in [-0.25, -0.2) is 22.9 Å². The molecule has 0 aliphatic heterocycles. The summed E-state index contributed by atoms with van der Waals surface area (Å²) in [4.78, 5) is 14.3. The van der Waals surface area contributed by atoms with Gasteiger partial charge in [-0.1, -0.05) is 0 Å². The first-order chi connectivity index (χ1) is 8.99. The van der Waals surface area contributed by atoms with Gasteiger partial charge >= 0.3 is 5.97 Å². The number of aromatic carboxylic acids is 1. The second-order valence-corrected chi connectivity index (χ2v) is 3.59. The number of pyridine rings is 1. The first-order valence-corrected chi connectivity index (χ1v) is 5.09.